The van der Waals surface area contributed by atoms with Crippen molar-refractivity contribution in [3.8, 4) is 0 Å². The Kier molecular flexibility index (Phi) is 9.33. The third kappa shape index (κ3) is 6.29. The number of hydrogen-bond acceptors (Lipinski definition) is 2. The van der Waals surface area contributed by atoms with Crippen LogP contribution in [0.1, 0.15) is 13.3 Å². The molecule has 0 fully saturated rings. The van der Waals surface area contributed by atoms with Gasteiger partial charge in [0.05, 0.1) is 20.7 Å². The summed E-state index contributed by atoms with van der Waals surface area (Å²) in [6.45, 7) is 2.64. The molecule has 0 heterocycles. The standard InChI is InChI=1S/C6H15NO2.ClH/c1-4-5-9-6(8)7(2)3;/h6,8H,4-5H2,1-3H3;1H. The smallest absolute Gasteiger partial charge is 0.304 e. The summed E-state index contributed by atoms with van der Waals surface area (Å²) in [6.07, 6.45) is 0.287. The van der Waals surface area contributed by atoms with Gasteiger partial charge in [0.1, 0.15) is 0 Å². The van der Waals surface area contributed by atoms with E-state index in [0.29, 0.717) is 6.61 Å². The number of aliphatic hydroxyl groups is 1. The average molecular weight is 170 g/mol. The van der Waals surface area contributed by atoms with Crippen molar-refractivity contribution in [3.63, 3.8) is 0 Å². The molecule has 2 N–H and O–H groups in total. The van der Waals surface area contributed by atoms with Gasteiger partial charge in [0.2, 0.25) is 0 Å². The summed E-state index contributed by atoms with van der Waals surface area (Å²) in [5.41, 5.74) is 0. The lowest BCUT2D eigenvalue weighted by molar-refractivity contribution is -0.937. The average Bonchev–Trinajstić information content (AvgIpc) is 1.82. The Balaban J connectivity index is 0. The van der Waals surface area contributed by atoms with Crippen molar-refractivity contribution < 1.29 is 27.2 Å². The maximum atomic E-state index is 9.00. The number of hydrogen-bond donors (Lipinski definition) is 2. The quantitative estimate of drug-likeness (QED) is 0.419. The topological polar surface area (TPSA) is 33.9 Å². The molecule has 3 nitrogen and oxygen atoms in total. The fraction of sp³-hybridized carbons (Fsp3) is 1.00. The van der Waals surface area contributed by atoms with Gasteiger partial charge in [0.15, 0.2) is 0 Å². The van der Waals surface area contributed by atoms with Gasteiger partial charge >= 0.3 is 6.41 Å². The maximum Gasteiger partial charge on any atom is 0.304 e. The largest absolute Gasteiger partial charge is 1.00 e. The maximum absolute atomic E-state index is 9.00. The zero-order valence-corrected chi connectivity index (χ0v) is 7.48. The zero-order valence-electron chi connectivity index (χ0n) is 6.72. The van der Waals surface area contributed by atoms with Crippen LogP contribution in [0.2, 0.25) is 0 Å². The SMILES string of the molecule is CCCOC(O)[NH+](C)C.[Cl-]. The highest BCUT2D eigenvalue weighted by Crippen LogP contribution is 1.79. The molecule has 10 heavy (non-hydrogen) atoms. The Morgan fingerprint density at radius 2 is 2.00 bits per heavy atom. The van der Waals surface area contributed by atoms with Crippen molar-refractivity contribution in [2.75, 3.05) is 20.7 Å². The van der Waals surface area contributed by atoms with E-state index in [1.165, 1.54) is 0 Å². The number of halogens is 1. The summed E-state index contributed by atoms with van der Waals surface area (Å²) in [5.74, 6) is 0. The molecule has 0 aromatic rings. The molecule has 0 aliphatic heterocycles. The first kappa shape index (κ1) is 12.8. The van der Waals surface area contributed by atoms with Gasteiger partial charge in [0.25, 0.3) is 0 Å². The normalized spacial score (nSPS) is 12.9. The van der Waals surface area contributed by atoms with Gasteiger partial charge in [-0.1, -0.05) is 6.92 Å². The van der Waals surface area contributed by atoms with Crippen molar-refractivity contribution in [1.29, 1.82) is 0 Å². The number of aliphatic hydroxyl groups excluding tert-OH is 1. The van der Waals surface area contributed by atoms with E-state index in [0.717, 1.165) is 11.3 Å². The monoisotopic (exact) mass is 169 g/mol. The Morgan fingerprint density at radius 1 is 1.50 bits per heavy atom. The molecule has 1 atom stereocenters. The molecule has 0 aliphatic rings. The van der Waals surface area contributed by atoms with Crippen molar-refractivity contribution in [1.82, 2.24) is 0 Å². The van der Waals surface area contributed by atoms with E-state index in [1.54, 1.807) is 0 Å². The lowest BCUT2D eigenvalue weighted by Gasteiger charge is -2.14. The predicted octanol–water partition coefficient (Wildman–Crippen LogP) is -4.16. The van der Waals surface area contributed by atoms with Gasteiger partial charge in [-0.15, -0.1) is 0 Å². The third-order valence-corrected chi connectivity index (χ3v) is 0.974. The van der Waals surface area contributed by atoms with Crippen molar-refractivity contribution in [3.05, 3.63) is 0 Å². The molecule has 0 bridgehead atoms. The molecule has 0 aliphatic carbocycles. The summed E-state index contributed by atoms with van der Waals surface area (Å²) < 4.78 is 4.97. The Morgan fingerprint density at radius 3 is 2.30 bits per heavy atom. The van der Waals surface area contributed by atoms with E-state index >= 15 is 0 Å². The molecule has 0 spiro atoms. The molecule has 4 heteroatoms. The number of rotatable bonds is 4. The van der Waals surface area contributed by atoms with Crippen LogP contribution in [0.25, 0.3) is 0 Å². The first-order valence-electron chi connectivity index (χ1n) is 3.28. The van der Waals surface area contributed by atoms with Crippen molar-refractivity contribution >= 4 is 0 Å². The highest BCUT2D eigenvalue weighted by Gasteiger charge is 2.07. The van der Waals surface area contributed by atoms with Gasteiger partial charge in [-0.05, 0) is 6.42 Å². The Hall–Kier alpha value is 0.170. The molecule has 0 saturated heterocycles. The van der Waals surface area contributed by atoms with Crippen LogP contribution in [0.5, 0.6) is 0 Å². The Labute approximate surface area is 68.4 Å². The van der Waals surface area contributed by atoms with E-state index in [2.05, 4.69) is 0 Å². The lowest BCUT2D eigenvalue weighted by atomic mass is 10.5. The van der Waals surface area contributed by atoms with E-state index in [1.807, 2.05) is 21.0 Å². The van der Waals surface area contributed by atoms with E-state index in [4.69, 9.17) is 9.84 Å². The first-order chi connectivity index (χ1) is 4.18. The van der Waals surface area contributed by atoms with Crippen LogP contribution in [-0.4, -0.2) is 32.2 Å². The second kappa shape index (κ2) is 7.28. The van der Waals surface area contributed by atoms with Crippen LogP contribution in [-0.2, 0) is 4.74 Å². The fourth-order valence-corrected chi connectivity index (χ4v) is 0.396. The van der Waals surface area contributed by atoms with Gasteiger partial charge in [-0.25, -0.2) is 0 Å². The molecule has 0 aromatic carbocycles. The van der Waals surface area contributed by atoms with Crippen LogP contribution in [0.3, 0.4) is 0 Å². The third-order valence-electron chi connectivity index (χ3n) is 0.974. The highest BCUT2D eigenvalue weighted by molar-refractivity contribution is 4.20. The minimum atomic E-state index is -0.662. The minimum Gasteiger partial charge on any atom is -1.00 e. The number of ether oxygens (including phenoxy) is 1. The molecule has 0 aromatic heterocycles. The molecule has 0 radical (unpaired) electrons. The summed E-state index contributed by atoms with van der Waals surface area (Å²) in [4.78, 5) is 0.906. The fourth-order valence-electron chi connectivity index (χ4n) is 0.396. The van der Waals surface area contributed by atoms with Crippen molar-refractivity contribution in [2.24, 2.45) is 0 Å². The molecule has 0 amide bonds. The van der Waals surface area contributed by atoms with Gasteiger partial charge in [-0.3, -0.25) is 4.90 Å². The number of nitrogens with one attached hydrogen (secondary N) is 1. The summed E-state index contributed by atoms with van der Waals surface area (Å²) in [7, 11) is 3.70. The first-order valence-corrected chi connectivity index (χ1v) is 3.28. The van der Waals surface area contributed by atoms with Gasteiger partial charge in [-0.2, -0.15) is 0 Å². The van der Waals surface area contributed by atoms with Gasteiger partial charge < -0.3 is 22.3 Å². The predicted molar refractivity (Wildman–Crippen MR) is 35.1 cm³/mol. The molecule has 64 valence electrons. The second-order valence-electron chi connectivity index (χ2n) is 2.30. The number of quaternary nitrogens is 1. The summed E-state index contributed by atoms with van der Waals surface area (Å²) >= 11 is 0. The summed E-state index contributed by atoms with van der Waals surface area (Å²) in [5, 5.41) is 9.00. The molecular weight excluding hydrogens is 154 g/mol. The molecule has 0 rings (SSSR count). The van der Waals surface area contributed by atoms with E-state index in [-0.39, 0.29) is 12.4 Å². The van der Waals surface area contributed by atoms with Crippen molar-refractivity contribution in [2.45, 2.75) is 19.8 Å². The summed E-state index contributed by atoms with van der Waals surface area (Å²) in [6, 6.07) is 0. The molecule has 1 unspecified atom stereocenters. The lowest BCUT2D eigenvalue weighted by Crippen LogP contribution is -3.10. The molecular formula is C6H16ClNO2. The van der Waals surface area contributed by atoms with Crippen LogP contribution in [0.15, 0.2) is 0 Å². The van der Waals surface area contributed by atoms with Crippen LogP contribution in [0, 0.1) is 0 Å². The van der Waals surface area contributed by atoms with Crippen LogP contribution >= 0.6 is 0 Å². The van der Waals surface area contributed by atoms with Gasteiger partial charge in [0, 0.05) is 0 Å². The second-order valence-corrected chi connectivity index (χ2v) is 2.30. The molecule has 0 saturated carbocycles. The highest BCUT2D eigenvalue weighted by atomic mass is 35.5. The Bertz CT molecular complexity index is 70.8. The van der Waals surface area contributed by atoms with E-state index < -0.39 is 6.41 Å². The van der Waals surface area contributed by atoms with E-state index in [9.17, 15) is 0 Å². The van der Waals surface area contributed by atoms with Crippen LogP contribution in [0.4, 0.5) is 0 Å². The minimum absolute atomic E-state index is 0. The zero-order chi connectivity index (χ0) is 7.28. The van der Waals surface area contributed by atoms with Crippen LogP contribution < -0.4 is 17.3 Å².